The van der Waals surface area contributed by atoms with Gasteiger partial charge in [0, 0.05) is 18.7 Å². The molecule has 0 bridgehead atoms. The normalized spacial score (nSPS) is 21.0. The van der Waals surface area contributed by atoms with Gasteiger partial charge in [-0.3, -0.25) is 0 Å². The molecule has 17 heavy (non-hydrogen) atoms. The van der Waals surface area contributed by atoms with Crippen LogP contribution >= 0.6 is 0 Å². The number of hydrogen-bond acceptors (Lipinski definition) is 2. The van der Waals surface area contributed by atoms with Gasteiger partial charge < -0.3 is 15.4 Å². The second kappa shape index (κ2) is 5.14. The van der Waals surface area contributed by atoms with E-state index >= 15 is 0 Å². The Morgan fingerprint density at radius 1 is 1.47 bits per heavy atom. The van der Waals surface area contributed by atoms with E-state index < -0.39 is 12.1 Å². The summed E-state index contributed by atoms with van der Waals surface area (Å²) in [6.45, 7) is 1.34. The highest BCUT2D eigenvalue weighted by Crippen LogP contribution is 2.25. The summed E-state index contributed by atoms with van der Waals surface area (Å²) < 4.78 is 19.1. The smallest absolute Gasteiger partial charge is 0.315 e. The van der Waals surface area contributed by atoms with E-state index in [1.807, 2.05) is 0 Å². The van der Waals surface area contributed by atoms with Gasteiger partial charge >= 0.3 is 6.03 Å². The van der Waals surface area contributed by atoms with E-state index in [-0.39, 0.29) is 12.4 Å². The van der Waals surface area contributed by atoms with Crippen LogP contribution in [0, 0.1) is 5.82 Å². The molecule has 92 valence electrons. The van der Waals surface area contributed by atoms with Crippen LogP contribution in [0.1, 0.15) is 18.0 Å². The Kier molecular flexibility index (Phi) is 3.58. The Balaban J connectivity index is 2.32. The Morgan fingerprint density at radius 2 is 2.24 bits per heavy atom. The number of benzene rings is 1. The monoisotopic (exact) mass is 238 g/mol. The molecule has 1 saturated heterocycles. The number of nitrogens with zero attached hydrogens (tertiary/aromatic N) is 1. The summed E-state index contributed by atoms with van der Waals surface area (Å²) >= 11 is 0. The van der Waals surface area contributed by atoms with Crippen LogP contribution in [0.5, 0.6) is 0 Å². The van der Waals surface area contributed by atoms with Gasteiger partial charge in [-0.1, -0.05) is 18.2 Å². The average Bonchev–Trinajstić information content (AvgIpc) is 2.55. The van der Waals surface area contributed by atoms with Gasteiger partial charge in [-0.05, 0) is 12.5 Å². The molecule has 1 aliphatic heterocycles. The molecular formula is C12H15FN2O2. The molecule has 1 aromatic rings. The fraction of sp³-hybridized carbons (Fsp3) is 0.417. The molecule has 1 aliphatic rings. The molecular weight excluding hydrogens is 223 g/mol. The first-order valence-corrected chi connectivity index (χ1v) is 5.58. The zero-order valence-corrected chi connectivity index (χ0v) is 9.43. The highest BCUT2D eigenvalue weighted by Gasteiger charge is 2.27. The Labute approximate surface area is 99.2 Å². The van der Waals surface area contributed by atoms with E-state index in [1.165, 1.54) is 11.0 Å². The lowest BCUT2D eigenvalue weighted by molar-refractivity contribution is 0.108. The van der Waals surface area contributed by atoms with E-state index in [0.29, 0.717) is 25.1 Å². The first-order chi connectivity index (χ1) is 8.20. The van der Waals surface area contributed by atoms with Crippen molar-refractivity contribution in [1.82, 2.24) is 4.90 Å². The van der Waals surface area contributed by atoms with Crippen molar-refractivity contribution >= 4 is 6.03 Å². The van der Waals surface area contributed by atoms with Crippen molar-refractivity contribution in [2.24, 2.45) is 5.73 Å². The fourth-order valence-electron chi connectivity index (χ4n) is 2.04. The van der Waals surface area contributed by atoms with E-state index in [4.69, 9.17) is 10.5 Å². The third-order valence-electron chi connectivity index (χ3n) is 2.89. The molecule has 2 rings (SSSR count). The Morgan fingerprint density at radius 3 is 2.94 bits per heavy atom. The Bertz CT molecular complexity index is 411. The minimum atomic E-state index is -0.538. The minimum absolute atomic E-state index is 0.282. The van der Waals surface area contributed by atoms with Crippen molar-refractivity contribution in [3.63, 3.8) is 0 Å². The van der Waals surface area contributed by atoms with Crippen molar-refractivity contribution in [3.05, 3.63) is 35.6 Å². The van der Waals surface area contributed by atoms with Crippen LogP contribution in [-0.4, -0.2) is 30.7 Å². The number of nitrogens with two attached hydrogens (primary N) is 1. The number of urea groups is 1. The van der Waals surface area contributed by atoms with Crippen LogP contribution in [0.3, 0.4) is 0 Å². The van der Waals surface area contributed by atoms with Crippen LogP contribution < -0.4 is 5.73 Å². The van der Waals surface area contributed by atoms with E-state index in [2.05, 4.69) is 0 Å². The lowest BCUT2D eigenvalue weighted by Crippen LogP contribution is -2.40. The molecule has 4 nitrogen and oxygen atoms in total. The number of ether oxygens (including phenoxy) is 1. The van der Waals surface area contributed by atoms with E-state index in [9.17, 15) is 9.18 Å². The predicted octanol–water partition coefficient (Wildman–Crippen LogP) is 1.67. The molecule has 1 heterocycles. The molecule has 0 aliphatic carbocycles. The largest absolute Gasteiger partial charge is 0.379 e. The number of carbonyl (C=O) groups excluding carboxylic acids is 1. The molecule has 0 radical (unpaired) electrons. The van der Waals surface area contributed by atoms with Gasteiger partial charge in [0.1, 0.15) is 5.82 Å². The van der Waals surface area contributed by atoms with Gasteiger partial charge in [0.15, 0.2) is 0 Å². The first kappa shape index (κ1) is 11.9. The second-order valence-electron chi connectivity index (χ2n) is 4.00. The molecule has 0 spiro atoms. The van der Waals surface area contributed by atoms with Gasteiger partial charge in [0.05, 0.1) is 12.6 Å². The molecule has 2 amide bonds. The van der Waals surface area contributed by atoms with E-state index in [1.54, 1.807) is 18.2 Å². The van der Waals surface area contributed by atoms with E-state index in [0.717, 1.165) is 0 Å². The molecule has 0 aromatic heterocycles. The van der Waals surface area contributed by atoms with Gasteiger partial charge in [0.25, 0.3) is 0 Å². The number of rotatable bonds is 1. The van der Waals surface area contributed by atoms with Gasteiger partial charge in [-0.2, -0.15) is 0 Å². The van der Waals surface area contributed by atoms with Crippen LogP contribution in [0.2, 0.25) is 0 Å². The van der Waals surface area contributed by atoms with Crippen LogP contribution in [0.15, 0.2) is 24.3 Å². The van der Waals surface area contributed by atoms with Crippen LogP contribution in [0.4, 0.5) is 9.18 Å². The van der Waals surface area contributed by atoms with Gasteiger partial charge in [-0.15, -0.1) is 0 Å². The Hall–Kier alpha value is -1.62. The molecule has 1 fully saturated rings. The van der Waals surface area contributed by atoms with Crippen molar-refractivity contribution in [3.8, 4) is 0 Å². The summed E-state index contributed by atoms with van der Waals surface area (Å²) in [6, 6.07) is 5.41. The molecule has 1 aromatic carbocycles. The zero-order valence-electron chi connectivity index (χ0n) is 9.43. The van der Waals surface area contributed by atoms with Crippen molar-refractivity contribution in [2.45, 2.75) is 12.5 Å². The van der Waals surface area contributed by atoms with Gasteiger partial charge in [0.2, 0.25) is 0 Å². The molecule has 1 atom stereocenters. The summed E-state index contributed by atoms with van der Waals surface area (Å²) in [7, 11) is 0. The van der Waals surface area contributed by atoms with Crippen LogP contribution in [0.25, 0.3) is 0 Å². The number of hydrogen-bond donors (Lipinski definition) is 1. The molecule has 5 heteroatoms. The quantitative estimate of drug-likeness (QED) is 0.809. The first-order valence-electron chi connectivity index (χ1n) is 5.58. The maximum absolute atomic E-state index is 13.7. The van der Waals surface area contributed by atoms with Crippen molar-refractivity contribution in [2.75, 3.05) is 19.8 Å². The standard InChI is InChI=1S/C12H15FN2O2/c13-10-5-2-1-4-9(10)11-8-17-7-3-6-15(11)12(14)16/h1-2,4-5,11H,3,6-8H2,(H2,14,16). The SMILES string of the molecule is NC(=O)N1CCCOCC1c1ccccc1F. The zero-order chi connectivity index (χ0) is 12.3. The number of halogens is 1. The lowest BCUT2D eigenvalue weighted by atomic mass is 10.1. The third kappa shape index (κ3) is 2.55. The third-order valence-corrected chi connectivity index (χ3v) is 2.89. The fourth-order valence-corrected chi connectivity index (χ4v) is 2.04. The number of amides is 2. The summed E-state index contributed by atoms with van der Waals surface area (Å²) in [5.41, 5.74) is 5.78. The molecule has 0 saturated carbocycles. The summed E-state index contributed by atoms with van der Waals surface area (Å²) in [5.74, 6) is -0.339. The predicted molar refractivity (Wildman–Crippen MR) is 60.9 cm³/mol. The lowest BCUT2D eigenvalue weighted by Gasteiger charge is -2.28. The summed E-state index contributed by atoms with van der Waals surface area (Å²) in [4.78, 5) is 12.8. The maximum atomic E-state index is 13.7. The number of carbonyl (C=O) groups is 1. The molecule has 1 unspecified atom stereocenters. The van der Waals surface area contributed by atoms with Crippen molar-refractivity contribution < 1.29 is 13.9 Å². The highest BCUT2D eigenvalue weighted by molar-refractivity contribution is 5.72. The second-order valence-corrected chi connectivity index (χ2v) is 4.00. The van der Waals surface area contributed by atoms with Gasteiger partial charge in [-0.25, -0.2) is 9.18 Å². The highest BCUT2D eigenvalue weighted by atomic mass is 19.1. The maximum Gasteiger partial charge on any atom is 0.315 e. The average molecular weight is 238 g/mol. The number of primary amides is 1. The summed E-state index contributed by atoms with van der Waals surface area (Å²) in [5, 5.41) is 0. The topological polar surface area (TPSA) is 55.6 Å². The summed E-state index contributed by atoms with van der Waals surface area (Å²) in [6.07, 6.45) is 0.716. The van der Waals surface area contributed by atoms with Crippen molar-refractivity contribution in [1.29, 1.82) is 0 Å². The minimum Gasteiger partial charge on any atom is -0.379 e. The molecule has 2 N–H and O–H groups in total. The van der Waals surface area contributed by atoms with Crippen LogP contribution in [-0.2, 0) is 4.74 Å².